The molecule has 0 bridgehead atoms. The number of rotatable bonds is 10. The molecule has 1 unspecified atom stereocenters. The second kappa shape index (κ2) is 13.4. The van der Waals surface area contributed by atoms with E-state index in [1.54, 1.807) is 55.6 Å². The van der Waals surface area contributed by atoms with Crippen LogP contribution in [0.3, 0.4) is 0 Å². The molecule has 0 aliphatic carbocycles. The fraction of sp³-hybridized carbons (Fsp3) is 0.143. The predicted octanol–water partition coefficient (Wildman–Crippen LogP) is 7.35. The molecule has 6 rings (SSSR count). The highest BCUT2D eigenvalue weighted by Crippen LogP contribution is 2.44. The summed E-state index contributed by atoms with van der Waals surface area (Å²) in [5.74, 6) is -0.0703. The van der Waals surface area contributed by atoms with E-state index in [0.29, 0.717) is 39.3 Å². The van der Waals surface area contributed by atoms with Gasteiger partial charge in [-0.05, 0) is 60.0 Å². The van der Waals surface area contributed by atoms with E-state index in [9.17, 15) is 14.7 Å². The molecule has 1 atom stereocenters. The van der Waals surface area contributed by atoms with Crippen molar-refractivity contribution in [3.05, 3.63) is 137 Å². The first-order valence-electron chi connectivity index (χ1n) is 14.1. The van der Waals surface area contributed by atoms with E-state index in [4.69, 9.17) is 9.47 Å². The number of hydrogen-bond acceptors (Lipinski definition) is 9. The second-order valence-corrected chi connectivity index (χ2v) is 12.6. The van der Waals surface area contributed by atoms with Gasteiger partial charge in [-0.25, -0.2) is 0 Å². The second-order valence-electron chi connectivity index (χ2n) is 10.4. The number of aliphatic hydroxyl groups excluding tert-OH is 1. The summed E-state index contributed by atoms with van der Waals surface area (Å²) >= 11 is 2.72. The number of anilines is 1. The van der Waals surface area contributed by atoms with Crippen molar-refractivity contribution in [2.24, 2.45) is 0 Å². The van der Waals surface area contributed by atoms with E-state index in [-0.39, 0.29) is 16.5 Å². The molecule has 1 aromatic heterocycles. The van der Waals surface area contributed by atoms with Crippen molar-refractivity contribution in [3.63, 3.8) is 0 Å². The maximum Gasteiger partial charge on any atom is 0.301 e. The summed E-state index contributed by atoms with van der Waals surface area (Å²) in [6, 6.07) is 30.9. The summed E-state index contributed by atoms with van der Waals surface area (Å²) in [6.45, 7) is 2.42. The lowest BCUT2D eigenvalue weighted by molar-refractivity contribution is -0.132. The average molecular weight is 636 g/mol. The number of thioether (sulfide) groups is 1. The van der Waals surface area contributed by atoms with Crippen LogP contribution < -0.4 is 14.4 Å². The highest BCUT2D eigenvalue weighted by molar-refractivity contribution is 8.00. The van der Waals surface area contributed by atoms with E-state index in [1.165, 1.54) is 28.0 Å². The molecular weight excluding hydrogens is 607 g/mol. The minimum Gasteiger partial charge on any atom is -0.507 e. The van der Waals surface area contributed by atoms with Crippen LogP contribution >= 0.6 is 23.1 Å². The number of Topliss-reactive ketones (excluding diaryl/α,β-unsaturated/α-hetero) is 1. The molecule has 1 N–H and O–H groups in total. The van der Waals surface area contributed by atoms with E-state index in [0.717, 1.165) is 16.7 Å². The summed E-state index contributed by atoms with van der Waals surface area (Å²) in [7, 11) is 1.54. The molecule has 226 valence electrons. The van der Waals surface area contributed by atoms with E-state index < -0.39 is 17.7 Å². The summed E-state index contributed by atoms with van der Waals surface area (Å²) < 4.78 is 12.0. The Morgan fingerprint density at radius 3 is 2.40 bits per heavy atom. The number of aromatic nitrogens is 2. The smallest absolute Gasteiger partial charge is 0.301 e. The number of carbonyl (C=O) groups excluding carboxylic acids is 2. The number of aryl methyl sites for hydroxylation is 1. The monoisotopic (exact) mass is 635 g/mol. The van der Waals surface area contributed by atoms with Gasteiger partial charge in [-0.15, -0.1) is 10.2 Å². The third-order valence-electron chi connectivity index (χ3n) is 7.28. The molecule has 1 saturated heterocycles. The zero-order valence-corrected chi connectivity index (χ0v) is 26.2. The first-order valence-corrected chi connectivity index (χ1v) is 16.0. The molecule has 0 spiro atoms. The van der Waals surface area contributed by atoms with E-state index in [2.05, 4.69) is 16.3 Å². The Labute approximate surface area is 269 Å². The summed E-state index contributed by atoms with van der Waals surface area (Å²) in [4.78, 5) is 28.5. The predicted molar refractivity (Wildman–Crippen MR) is 176 cm³/mol. The number of nitrogens with zero attached hydrogens (tertiary/aromatic N) is 3. The van der Waals surface area contributed by atoms with Gasteiger partial charge < -0.3 is 14.6 Å². The van der Waals surface area contributed by atoms with Crippen LogP contribution in [0.4, 0.5) is 5.13 Å². The van der Waals surface area contributed by atoms with Crippen LogP contribution in [0.1, 0.15) is 33.9 Å². The van der Waals surface area contributed by atoms with Crippen LogP contribution in [0, 0.1) is 6.92 Å². The number of ketones is 1. The number of amides is 1. The van der Waals surface area contributed by atoms with Crippen LogP contribution in [-0.4, -0.2) is 34.1 Å². The van der Waals surface area contributed by atoms with Gasteiger partial charge in [-0.3, -0.25) is 14.5 Å². The van der Waals surface area contributed by atoms with Gasteiger partial charge in [0.15, 0.2) is 4.34 Å². The Balaban J connectivity index is 1.31. The molecule has 8 nitrogen and oxygen atoms in total. The van der Waals surface area contributed by atoms with Gasteiger partial charge in [-0.2, -0.15) is 0 Å². The molecule has 2 heterocycles. The lowest BCUT2D eigenvalue weighted by Crippen LogP contribution is -2.29. The van der Waals surface area contributed by atoms with E-state index in [1.807, 2.05) is 55.5 Å². The Hall–Kier alpha value is -4.93. The summed E-state index contributed by atoms with van der Waals surface area (Å²) in [5.41, 5.74) is 4.23. The van der Waals surface area contributed by atoms with Gasteiger partial charge in [0.2, 0.25) is 5.13 Å². The van der Waals surface area contributed by atoms with Gasteiger partial charge in [-0.1, -0.05) is 95.4 Å². The fourth-order valence-corrected chi connectivity index (χ4v) is 6.89. The van der Waals surface area contributed by atoms with Gasteiger partial charge >= 0.3 is 5.91 Å². The molecule has 0 saturated carbocycles. The molecule has 45 heavy (non-hydrogen) atoms. The van der Waals surface area contributed by atoms with Crippen molar-refractivity contribution in [1.29, 1.82) is 0 Å². The maximum atomic E-state index is 13.6. The van der Waals surface area contributed by atoms with Crippen LogP contribution in [0.5, 0.6) is 11.5 Å². The quantitative estimate of drug-likeness (QED) is 0.0559. The van der Waals surface area contributed by atoms with Gasteiger partial charge in [0.1, 0.15) is 23.9 Å². The Kier molecular flexibility index (Phi) is 8.95. The molecule has 1 amide bonds. The molecule has 1 aliphatic heterocycles. The Bertz CT molecular complexity index is 1870. The highest BCUT2D eigenvalue weighted by atomic mass is 32.2. The van der Waals surface area contributed by atoms with Crippen LogP contribution in [-0.2, 0) is 21.9 Å². The largest absolute Gasteiger partial charge is 0.507 e. The van der Waals surface area contributed by atoms with Crippen LogP contribution in [0.25, 0.3) is 5.76 Å². The lowest BCUT2D eigenvalue weighted by Gasteiger charge is -2.23. The zero-order chi connectivity index (χ0) is 31.3. The summed E-state index contributed by atoms with van der Waals surface area (Å²) in [6.07, 6.45) is 0. The van der Waals surface area contributed by atoms with Gasteiger partial charge in [0.25, 0.3) is 5.78 Å². The van der Waals surface area contributed by atoms with Crippen molar-refractivity contribution in [1.82, 2.24) is 10.2 Å². The molecule has 1 aliphatic rings. The number of methoxy groups -OCH3 is 1. The molecule has 0 radical (unpaired) electrons. The molecule has 5 aromatic rings. The Morgan fingerprint density at radius 1 is 0.889 bits per heavy atom. The number of benzene rings is 4. The zero-order valence-electron chi connectivity index (χ0n) is 24.5. The van der Waals surface area contributed by atoms with E-state index >= 15 is 0 Å². The number of hydrogen-bond donors (Lipinski definition) is 1. The SMILES string of the molecule is COc1cccc(C2/C(=C(\O)c3ccc(OCc4cccc(C)c4)cc3)C(=O)C(=O)N2c2nnc(SCc3ccccc3)s2)c1. The molecule has 1 fully saturated rings. The standard InChI is InChI=1S/C35H29N3O5S2/c1-22-8-6-11-24(18-22)20-43-27-16-14-25(15-17-27)31(39)29-30(26-12-7-13-28(19-26)42-2)38(33(41)32(29)40)34-36-37-35(45-34)44-21-23-9-4-3-5-10-23/h3-19,30,39H,20-21H2,1-2H3/b31-29+. The number of carbonyl (C=O) groups is 2. The average Bonchev–Trinajstić information content (AvgIpc) is 3.64. The third kappa shape index (κ3) is 6.62. The first-order chi connectivity index (χ1) is 21.9. The van der Waals surface area contributed by atoms with Crippen molar-refractivity contribution in [2.75, 3.05) is 12.0 Å². The minimum absolute atomic E-state index is 0.0460. The highest BCUT2D eigenvalue weighted by Gasteiger charge is 2.48. The van der Waals surface area contributed by atoms with Crippen LogP contribution in [0.2, 0.25) is 0 Å². The minimum atomic E-state index is -0.947. The number of ether oxygens (including phenoxy) is 2. The van der Waals surface area contributed by atoms with Gasteiger partial charge in [0.05, 0.1) is 18.7 Å². The van der Waals surface area contributed by atoms with Crippen LogP contribution in [0.15, 0.2) is 113 Å². The molecular formula is C35H29N3O5S2. The lowest BCUT2D eigenvalue weighted by atomic mass is 9.95. The molecule has 4 aromatic carbocycles. The maximum absolute atomic E-state index is 13.6. The first kappa shape index (κ1) is 30.1. The van der Waals surface area contributed by atoms with Crippen molar-refractivity contribution in [2.45, 2.75) is 29.7 Å². The topological polar surface area (TPSA) is 102 Å². The Morgan fingerprint density at radius 2 is 1.64 bits per heavy atom. The molecule has 10 heteroatoms. The van der Waals surface area contributed by atoms with Gasteiger partial charge in [0, 0.05) is 11.3 Å². The number of aliphatic hydroxyl groups is 1. The normalized spacial score (nSPS) is 15.8. The van der Waals surface area contributed by atoms with Crippen molar-refractivity contribution in [3.8, 4) is 11.5 Å². The fourth-order valence-electron chi connectivity index (χ4n) is 5.07. The summed E-state index contributed by atoms with van der Waals surface area (Å²) in [5, 5.41) is 20.4. The van der Waals surface area contributed by atoms with Crippen molar-refractivity contribution >= 4 is 45.7 Å². The van der Waals surface area contributed by atoms with Crippen molar-refractivity contribution < 1.29 is 24.2 Å². The third-order valence-corrected chi connectivity index (χ3v) is 9.40.